The highest BCUT2D eigenvalue weighted by Gasteiger charge is 2.32. The highest BCUT2D eigenvalue weighted by atomic mass is 32.2. The Morgan fingerprint density at radius 2 is 1.61 bits per heavy atom. The van der Waals surface area contributed by atoms with Gasteiger partial charge in [0, 0.05) is 19.5 Å². The molecule has 0 saturated carbocycles. The number of carbonyl (C=O) groups is 2. The van der Waals surface area contributed by atoms with E-state index in [2.05, 4.69) is 5.32 Å². The van der Waals surface area contributed by atoms with Crippen LogP contribution in [0.4, 0.5) is 5.69 Å². The number of methoxy groups -OCH3 is 1. The largest absolute Gasteiger partial charge is 0.497 e. The number of aryl methyl sites for hydroxylation is 1. The van der Waals surface area contributed by atoms with Gasteiger partial charge in [0.15, 0.2) is 0 Å². The Morgan fingerprint density at radius 1 is 0.947 bits per heavy atom. The molecule has 0 heterocycles. The number of hydrogen-bond acceptors (Lipinski definition) is 5. The Kier molecular flexibility index (Phi) is 9.90. The minimum Gasteiger partial charge on any atom is -0.497 e. The summed E-state index contributed by atoms with van der Waals surface area (Å²) in [6.07, 6.45) is 1.34. The first-order valence-electron chi connectivity index (χ1n) is 12.4. The summed E-state index contributed by atoms with van der Waals surface area (Å²) < 4.78 is 31.8. The monoisotopic (exact) mass is 537 g/mol. The molecule has 0 saturated heterocycles. The van der Waals surface area contributed by atoms with Crippen LogP contribution in [0.15, 0.2) is 78.9 Å². The Labute approximate surface area is 225 Å². The summed E-state index contributed by atoms with van der Waals surface area (Å²) in [6, 6.07) is 22.7. The van der Waals surface area contributed by atoms with E-state index in [9.17, 15) is 18.0 Å². The molecule has 2 amide bonds. The van der Waals surface area contributed by atoms with Crippen LogP contribution in [0.1, 0.15) is 23.6 Å². The highest BCUT2D eigenvalue weighted by Crippen LogP contribution is 2.23. The molecular formula is C29H35N3O5S. The molecule has 0 aromatic heterocycles. The summed E-state index contributed by atoms with van der Waals surface area (Å²) in [6.45, 7) is 3.87. The van der Waals surface area contributed by atoms with Crippen LogP contribution in [-0.4, -0.2) is 57.6 Å². The van der Waals surface area contributed by atoms with Crippen molar-refractivity contribution in [3.63, 3.8) is 0 Å². The first-order valence-corrected chi connectivity index (χ1v) is 14.3. The van der Waals surface area contributed by atoms with Crippen LogP contribution in [0.3, 0.4) is 0 Å². The van der Waals surface area contributed by atoms with Crippen LogP contribution in [0.25, 0.3) is 0 Å². The van der Waals surface area contributed by atoms with Crippen molar-refractivity contribution < 1.29 is 22.7 Å². The third-order valence-electron chi connectivity index (χ3n) is 6.10. The number of benzene rings is 3. The molecule has 38 heavy (non-hydrogen) atoms. The van der Waals surface area contributed by atoms with E-state index in [0.29, 0.717) is 18.0 Å². The van der Waals surface area contributed by atoms with Gasteiger partial charge in [-0.1, -0.05) is 60.2 Å². The van der Waals surface area contributed by atoms with E-state index >= 15 is 0 Å². The zero-order chi connectivity index (χ0) is 27.7. The summed E-state index contributed by atoms with van der Waals surface area (Å²) >= 11 is 0. The standard InChI is InChI=1S/C29H35N3O5S/c1-5-30-29(34)27(19-23-11-7-6-8-12-23)31(20-24-13-9-10-22(2)18-24)28(33)21-32(38(4,35)36)25-14-16-26(37-3)17-15-25/h6-18,27H,5,19-21H2,1-4H3,(H,30,34)/t27-/m1/s1. The first-order chi connectivity index (χ1) is 18.1. The highest BCUT2D eigenvalue weighted by molar-refractivity contribution is 7.92. The van der Waals surface area contributed by atoms with Gasteiger partial charge in [-0.2, -0.15) is 0 Å². The number of hydrogen-bond donors (Lipinski definition) is 1. The fourth-order valence-electron chi connectivity index (χ4n) is 4.22. The second-order valence-electron chi connectivity index (χ2n) is 9.08. The summed E-state index contributed by atoms with van der Waals surface area (Å²) in [5.41, 5.74) is 3.08. The lowest BCUT2D eigenvalue weighted by molar-refractivity contribution is -0.140. The number of nitrogens with one attached hydrogen (secondary N) is 1. The number of likely N-dealkylation sites (N-methyl/N-ethyl adjacent to an activating group) is 1. The van der Waals surface area contributed by atoms with Crippen molar-refractivity contribution in [2.45, 2.75) is 32.9 Å². The number of anilines is 1. The molecule has 0 bridgehead atoms. The minimum atomic E-state index is -3.82. The van der Waals surface area contributed by atoms with E-state index < -0.39 is 28.5 Å². The van der Waals surface area contributed by atoms with Crippen LogP contribution in [0, 0.1) is 6.92 Å². The third-order valence-corrected chi connectivity index (χ3v) is 7.24. The fraction of sp³-hybridized carbons (Fsp3) is 0.310. The first kappa shape index (κ1) is 28.7. The maximum Gasteiger partial charge on any atom is 0.244 e. The third kappa shape index (κ3) is 7.82. The van der Waals surface area contributed by atoms with Gasteiger partial charge < -0.3 is 15.0 Å². The molecule has 0 aliphatic carbocycles. The minimum absolute atomic E-state index is 0.148. The lowest BCUT2D eigenvalue weighted by Gasteiger charge is -2.33. The van der Waals surface area contributed by atoms with Gasteiger partial charge in [-0.25, -0.2) is 8.42 Å². The predicted molar refractivity (Wildman–Crippen MR) is 150 cm³/mol. The zero-order valence-corrected chi connectivity index (χ0v) is 23.1. The Morgan fingerprint density at radius 3 is 2.18 bits per heavy atom. The van der Waals surface area contributed by atoms with Crippen molar-refractivity contribution >= 4 is 27.5 Å². The van der Waals surface area contributed by atoms with Crippen molar-refractivity contribution in [3.05, 3.63) is 95.6 Å². The number of sulfonamides is 1. The maximum atomic E-state index is 13.9. The van der Waals surface area contributed by atoms with Crippen LogP contribution >= 0.6 is 0 Å². The molecule has 202 valence electrons. The van der Waals surface area contributed by atoms with Gasteiger partial charge in [-0.05, 0) is 49.2 Å². The summed E-state index contributed by atoms with van der Waals surface area (Å²) in [5.74, 6) is -0.221. The molecule has 9 heteroatoms. The average molecular weight is 538 g/mol. The average Bonchev–Trinajstić information content (AvgIpc) is 2.89. The molecule has 3 aromatic rings. The molecule has 0 radical (unpaired) electrons. The van der Waals surface area contributed by atoms with Gasteiger partial charge in [0.2, 0.25) is 21.8 Å². The second kappa shape index (κ2) is 13.1. The smallest absolute Gasteiger partial charge is 0.244 e. The van der Waals surface area contributed by atoms with E-state index in [0.717, 1.165) is 27.3 Å². The number of carbonyl (C=O) groups excluding carboxylic acids is 2. The molecule has 1 atom stereocenters. The van der Waals surface area contributed by atoms with Gasteiger partial charge in [0.05, 0.1) is 19.1 Å². The van der Waals surface area contributed by atoms with E-state index in [4.69, 9.17) is 4.74 Å². The SMILES string of the molecule is CCNC(=O)[C@@H](Cc1ccccc1)N(Cc1cccc(C)c1)C(=O)CN(c1ccc(OC)cc1)S(C)(=O)=O. The van der Waals surface area contributed by atoms with Crippen molar-refractivity contribution in [3.8, 4) is 5.75 Å². The van der Waals surface area contributed by atoms with Crippen molar-refractivity contribution in [2.24, 2.45) is 0 Å². The lowest BCUT2D eigenvalue weighted by Crippen LogP contribution is -2.53. The van der Waals surface area contributed by atoms with Gasteiger partial charge >= 0.3 is 0 Å². The summed E-state index contributed by atoms with van der Waals surface area (Å²) in [4.78, 5) is 28.7. The predicted octanol–water partition coefficient (Wildman–Crippen LogP) is 3.55. The Bertz CT molecular complexity index is 1330. The lowest BCUT2D eigenvalue weighted by atomic mass is 10.0. The molecule has 1 N–H and O–H groups in total. The van der Waals surface area contributed by atoms with Crippen LogP contribution in [0.2, 0.25) is 0 Å². The van der Waals surface area contributed by atoms with Crippen molar-refractivity contribution in [2.75, 3.05) is 30.8 Å². The Balaban J connectivity index is 2.02. The molecule has 8 nitrogen and oxygen atoms in total. The van der Waals surface area contributed by atoms with E-state index in [-0.39, 0.29) is 18.9 Å². The number of amides is 2. The van der Waals surface area contributed by atoms with Crippen molar-refractivity contribution in [1.29, 1.82) is 0 Å². The van der Waals surface area contributed by atoms with Gasteiger partial charge in [0.25, 0.3) is 0 Å². The van der Waals surface area contributed by atoms with Gasteiger partial charge in [-0.15, -0.1) is 0 Å². The second-order valence-corrected chi connectivity index (χ2v) is 11.0. The zero-order valence-electron chi connectivity index (χ0n) is 22.3. The molecule has 0 aliphatic rings. The van der Waals surface area contributed by atoms with Crippen LogP contribution in [0.5, 0.6) is 5.75 Å². The van der Waals surface area contributed by atoms with E-state index in [1.807, 2.05) is 68.4 Å². The molecule has 3 rings (SSSR count). The van der Waals surface area contributed by atoms with Crippen LogP contribution < -0.4 is 14.4 Å². The van der Waals surface area contributed by atoms with Crippen LogP contribution in [-0.2, 0) is 32.6 Å². The molecule has 0 aliphatic heterocycles. The molecule has 3 aromatic carbocycles. The fourth-order valence-corrected chi connectivity index (χ4v) is 5.06. The molecule has 0 spiro atoms. The quantitative estimate of drug-likeness (QED) is 0.381. The topological polar surface area (TPSA) is 96.0 Å². The van der Waals surface area contributed by atoms with Crippen molar-refractivity contribution in [1.82, 2.24) is 10.2 Å². The van der Waals surface area contributed by atoms with Gasteiger partial charge in [-0.3, -0.25) is 13.9 Å². The number of ether oxygens (including phenoxy) is 1. The summed E-state index contributed by atoms with van der Waals surface area (Å²) in [5, 5.41) is 2.85. The van der Waals surface area contributed by atoms with Gasteiger partial charge in [0.1, 0.15) is 18.3 Å². The number of nitrogens with zero attached hydrogens (tertiary/aromatic N) is 2. The molecule has 0 unspecified atom stereocenters. The summed E-state index contributed by atoms with van der Waals surface area (Å²) in [7, 11) is -2.30. The van der Waals surface area contributed by atoms with E-state index in [1.165, 1.54) is 12.0 Å². The Hall–Kier alpha value is -3.85. The molecule has 0 fully saturated rings. The van der Waals surface area contributed by atoms with E-state index in [1.54, 1.807) is 24.3 Å². The number of rotatable bonds is 12. The molecular weight excluding hydrogens is 502 g/mol. The maximum absolute atomic E-state index is 13.9. The normalized spacial score (nSPS) is 11.9.